The molecule has 0 saturated heterocycles. The lowest BCUT2D eigenvalue weighted by Crippen LogP contribution is -2.31. The molecular weight excluding hydrogens is 274 g/mol. The zero-order valence-electron chi connectivity index (χ0n) is 9.49. The Morgan fingerprint density at radius 3 is 2.94 bits per heavy atom. The first-order chi connectivity index (χ1) is 8.54. The first kappa shape index (κ1) is 12.8. The van der Waals surface area contributed by atoms with Crippen LogP contribution in [0.5, 0.6) is 0 Å². The number of halogens is 1. The Bertz CT molecular complexity index is 611. The molecule has 0 saturated carbocycles. The molecule has 0 unspecified atom stereocenters. The van der Waals surface area contributed by atoms with Crippen LogP contribution in [-0.2, 0) is 9.59 Å². The molecule has 0 aliphatic carbocycles. The molecule has 0 bridgehead atoms. The molecule has 0 atom stereocenters. The highest BCUT2D eigenvalue weighted by Crippen LogP contribution is 2.28. The van der Waals surface area contributed by atoms with Gasteiger partial charge in [0, 0.05) is 11.9 Å². The Hall–Kier alpha value is -1.66. The van der Waals surface area contributed by atoms with Crippen LogP contribution >= 0.6 is 22.9 Å². The lowest BCUT2D eigenvalue weighted by Gasteiger charge is -2.01. The minimum Gasteiger partial charge on any atom is -0.347 e. The molecular formula is C11H10ClN3O2S. The van der Waals surface area contributed by atoms with E-state index in [1.165, 1.54) is 18.3 Å². The summed E-state index contributed by atoms with van der Waals surface area (Å²) in [5.41, 5.74) is 0.777. The topological polar surface area (TPSA) is 71.1 Å². The van der Waals surface area contributed by atoms with Gasteiger partial charge in [-0.1, -0.05) is 22.9 Å². The van der Waals surface area contributed by atoms with Crippen molar-refractivity contribution in [2.45, 2.75) is 6.92 Å². The van der Waals surface area contributed by atoms with E-state index in [0.29, 0.717) is 10.2 Å². The Balaban J connectivity index is 2.07. The maximum absolute atomic E-state index is 11.5. The van der Waals surface area contributed by atoms with Crippen LogP contribution in [0.3, 0.4) is 0 Å². The van der Waals surface area contributed by atoms with Crippen LogP contribution < -0.4 is 10.6 Å². The number of nitrogens with one attached hydrogen (secondary N) is 2. The van der Waals surface area contributed by atoms with Gasteiger partial charge in [0.05, 0.1) is 16.8 Å². The van der Waals surface area contributed by atoms with E-state index in [1.54, 1.807) is 18.2 Å². The number of fused-ring (bicyclic) bond motifs is 1. The fraction of sp³-hybridized carbons (Fsp3) is 0.182. The quantitative estimate of drug-likeness (QED) is 0.905. The molecule has 18 heavy (non-hydrogen) atoms. The summed E-state index contributed by atoms with van der Waals surface area (Å²) in [6.45, 7) is 1.29. The number of amides is 2. The molecule has 0 aliphatic rings. The Labute approximate surface area is 112 Å². The summed E-state index contributed by atoms with van der Waals surface area (Å²) in [6.07, 6.45) is 0. The van der Waals surface area contributed by atoms with Gasteiger partial charge in [0.25, 0.3) is 0 Å². The number of hydrogen-bond donors (Lipinski definition) is 2. The SMILES string of the molecule is CC(=O)NCC(=O)Nc1nc2ccc(Cl)cc2s1. The van der Waals surface area contributed by atoms with Crippen molar-refractivity contribution in [1.29, 1.82) is 0 Å². The van der Waals surface area contributed by atoms with Gasteiger partial charge in [-0.3, -0.25) is 9.59 Å². The number of aromatic nitrogens is 1. The van der Waals surface area contributed by atoms with Crippen molar-refractivity contribution in [3.63, 3.8) is 0 Å². The number of rotatable bonds is 3. The number of nitrogens with zero attached hydrogens (tertiary/aromatic N) is 1. The van der Waals surface area contributed by atoms with Crippen LogP contribution in [0.15, 0.2) is 18.2 Å². The van der Waals surface area contributed by atoms with Crippen molar-refractivity contribution in [2.24, 2.45) is 0 Å². The van der Waals surface area contributed by atoms with Crippen molar-refractivity contribution in [1.82, 2.24) is 10.3 Å². The van der Waals surface area contributed by atoms with Gasteiger partial charge in [-0.25, -0.2) is 4.98 Å². The third kappa shape index (κ3) is 3.18. The van der Waals surface area contributed by atoms with Crippen LogP contribution in [0.25, 0.3) is 10.2 Å². The van der Waals surface area contributed by atoms with Gasteiger partial charge in [0.15, 0.2) is 5.13 Å². The second-order valence-electron chi connectivity index (χ2n) is 3.59. The number of carbonyl (C=O) groups is 2. The zero-order valence-corrected chi connectivity index (χ0v) is 11.1. The third-order valence-electron chi connectivity index (χ3n) is 2.09. The third-order valence-corrected chi connectivity index (χ3v) is 3.26. The molecule has 0 aliphatic heterocycles. The standard InChI is InChI=1S/C11H10ClN3O2S/c1-6(16)13-5-10(17)15-11-14-8-3-2-7(12)4-9(8)18-11/h2-4H,5H2,1H3,(H,13,16)(H,14,15,17). The average molecular weight is 284 g/mol. The van der Waals surface area contributed by atoms with E-state index in [4.69, 9.17) is 11.6 Å². The summed E-state index contributed by atoms with van der Waals surface area (Å²) in [7, 11) is 0. The molecule has 5 nitrogen and oxygen atoms in total. The predicted molar refractivity (Wildman–Crippen MR) is 71.9 cm³/mol. The summed E-state index contributed by atoms with van der Waals surface area (Å²) in [4.78, 5) is 26.4. The number of benzene rings is 1. The van der Waals surface area contributed by atoms with Gasteiger partial charge < -0.3 is 10.6 Å². The van der Waals surface area contributed by atoms with Crippen molar-refractivity contribution in [3.05, 3.63) is 23.2 Å². The van der Waals surface area contributed by atoms with Crippen molar-refractivity contribution >= 4 is 50.1 Å². The monoisotopic (exact) mass is 283 g/mol. The van der Waals surface area contributed by atoms with Crippen molar-refractivity contribution in [3.8, 4) is 0 Å². The van der Waals surface area contributed by atoms with Gasteiger partial charge >= 0.3 is 0 Å². The minimum absolute atomic E-state index is 0.0635. The van der Waals surface area contributed by atoms with Crippen LogP contribution in [0.1, 0.15) is 6.92 Å². The fourth-order valence-corrected chi connectivity index (χ4v) is 2.48. The van der Waals surface area contributed by atoms with Gasteiger partial charge in [-0.05, 0) is 18.2 Å². The summed E-state index contributed by atoms with van der Waals surface area (Å²) in [5.74, 6) is -0.559. The van der Waals surface area contributed by atoms with Crippen LogP contribution in [0.2, 0.25) is 5.02 Å². The lowest BCUT2D eigenvalue weighted by atomic mass is 10.3. The lowest BCUT2D eigenvalue weighted by molar-refractivity contribution is -0.122. The largest absolute Gasteiger partial charge is 0.347 e. The Morgan fingerprint density at radius 2 is 2.22 bits per heavy atom. The number of hydrogen-bond acceptors (Lipinski definition) is 4. The molecule has 2 aromatic rings. The molecule has 1 aromatic heterocycles. The highest BCUT2D eigenvalue weighted by molar-refractivity contribution is 7.22. The summed E-state index contributed by atoms with van der Waals surface area (Å²) in [6, 6.07) is 5.32. The van der Waals surface area contributed by atoms with Crippen LogP contribution in [0.4, 0.5) is 5.13 Å². The Morgan fingerprint density at radius 1 is 1.44 bits per heavy atom. The molecule has 94 valence electrons. The Kier molecular flexibility index (Phi) is 3.78. The second-order valence-corrected chi connectivity index (χ2v) is 5.06. The first-order valence-corrected chi connectivity index (χ1v) is 6.34. The highest BCUT2D eigenvalue weighted by atomic mass is 35.5. The van der Waals surface area contributed by atoms with Gasteiger partial charge in [0.2, 0.25) is 11.8 Å². The molecule has 2 rings (SSSR count). The molecule has 1 aromatic carbocycles. The molecule has 0 fully saturated rings. The fourth-order valence-electron chi connectivity index (χ4n) is 1.32. The van der Waals surface area contributed by atoms with E-state index >= 15 is 0 Å². The molecule has 0 spiro atoms. The van der Waals surface area contributed by atoms with Gasteiger partial charge in [0.1, 0.15) is 0 Å². The summed E-state index contributed by atoms with van der Waals surface area (Å²) in [5, 5.41) is 6.15. The van der Waals surface area contributed by atoms with Crippen molar-refractivity contribution < 1.29 is 9.59 Å². The van der Waals surface area contributed by atoms with Gasteiger partial charge in [-0.15, -0.1) is 0 Å². The van der Waals surface area contributed by atoms with E-state index in [-0.39, 0.29) is 18.4 Å². The number of carbonyl (C=O) groups excluding carboxylic acids is 2. The summed E-state index contributed by atoms with van der Waals surface area (Å²) < 4.78 is 0.900. The molecule has 7 heteroatoms. The molecule has 2 N–H and O–H groups in total. The minimum atomic E-state index is -0.310. The van der Waals surface area contributed by atoms with E-state index in [9.17, 15) is 9.59 Å². The normalized spacial score (nSPS) is 10.3. The zero-order chi connectivity index (χ0) is 13.1. The van der Waals surface area contributed by atoms with Gasteiger partial charge in [-0.2, -0.15) is 0 Å². The highest BCUT2D eigenvalue weighted by Gasteiger charge is 2.08. The van der Waals surface area contributed by atoms with Crippen molar-refractivity contribution in [2.75, 3.05) is 11.9 Å². The van der Waals surface area contributed by atoms with E-state index in [2.05, 4.69) is 15.6 Å². The van der Waals surface area contributed by atoms with Crippen LogP contribution in [-0.4, -0.2) is 23.3 Å². The van der Waals surface area contributed by atoms with E-state index in [1.807, 2.05) is 0 Å². The van der Waals surface area contributed by atoms with E-state index in [0.717, 1.165) is 10.2 Å². The number of anilines is 1. The molecule has 2 amide bonds. The maximum atomic E-state index is 11.5. The second kappa shape index (κ2) is 5.32. The van der Waals surface area contributed by atoms with E-state index < -0.39 is 0 Å². The smallest absolute Gasteiger partial charge is 0.245 e. The predicted octanol–water partition coefficient (Wildman–Crippen LogP) is 2.02. The molecule has 0 radical (unpaired) electrons. The first-order valence-electron chi connectivity index (χ1n) is 5.15. The maximum Gasteiger partial charge on any atom is 0.245 e. The summed E-state index contributed by atoms with van der Waals surface area (Å²) >= 11 is 7.20. The average Bonchev–Trinajstić information content (AvgIpc) is 2.67. The van der Waals surface area contributed by atoms with Crippen LogP contribution in [0, 0.1) is 0 Å². The molecule has 1 heterocycles. The number of thiazole rings is 1.